The zero-order chi connectivity index (χ0) is 13.6. The van der Waals surface area contributed by atoms with Gasteiger partial charge in [-0.2, -0.15) is 0 Å². The van der Waals surface area contributed by atoms with Crippen molar-refractivity contribution in [3.63, 3.8) is 0 Å². The molecule has 1 aromatic heterocycles. The van der Waals surface area contributed by atoms with Gasteiger partial charge in [-0.3, -0.25) is 0 Å². The number of carboxylic acid groups (broad SMARTS) is 1. The summed E-state index contributed by atoms with van der Waals surface area (Å²) >= 11 is 0. The van der Waals surface area contributed by atoms with Crippen LogP contribution in [0.1, 0.15) is 34.9 Å². The summed E-state index contributed by atoms with van der Waals surface area (Å²) in [6.07, 6.45) is 2.00. The summed E-state index contributed by atoms with van der Waals surface area (Å²) in [7, 11) is 0. The summed E-state index contributed by atoms with van der Waals surface area (Å²) in [5.74, 6) is -1.16. The molecule has 3 rings (SSSR count). The van der Waals surface area contributed by atoms with Gasteiger partial charge in [-0.1, -0.05) is 0 Å². The maximum Gasteiger partial charge on any atom is 0.352 e. The van der Waals surface area contributed by atoms with Crippen molar-refractivity contribution in [2.45, 2.75) is 25.8 Å². The summed E-state index contributed by atoms with van der Waals surface area (Å²) in [6.45, 7) is 1.71. The van der Waals surface area contributed by atoms with Crippen LogP contribution in [0.2, 0.25) is 0 Å². The van der Waals surface area contributed by atoms with Crippen molar-refractivity contribution in [3.05, 3.63) is 47.4 Å². The molecule has 1 fully saturated rings. The first kappa shape index (κ1) is 12.0. The summed E-state index contributed by atoms with van der Waals surface area (Å²) in [4.78, 5) is 11.2. The predicted molar refractivity (Wildman–Crippen MR) is 69.8 cm³/mol. The van der Waals surface area contributed by atoms with Gasteiger partial charge in [0, 0.05) is 11.7 Å². The zero-order valence-electron chi connectivity index (χ0n) is 10.6. The molecule has 0 saturated heterocycles. The molecule has 3 nitrogen and oxygen atoms in total. The molecule has 0 bridgehead atoms. The summed E-state index contributed by atoms with van der Waals surface area (Å²) in [5.41, 5.74) is 2.58. The van der Waals surface area contributed by atoms with E-state index in [1.54, 1.807) is 31.2 Å². The summed E-state index contributed by atoms with van der Waals surface area (Å²) in [6, 6.07) is 8.57. The Hall–Kier alpha value is -2.10. The Kier molecular flexibility index (Phi) is 2.66. The van der Waals surface area contributed by atoms with Crippen LogP contribution in [0.4, 0.5) is 4.39 Å². The van der Waals surface area contributed by atoms with Crippen LogP contribution < -0.4 is 0 Å². The number of aromatic carboxylic acids is 1. The first-order valence-corrected chi connectivity index (χ1v) is 6.29. The van der Waals surface area contributed by atoms with E-state index in [0.29, 0.717) is 11.3 Å². The molecule has 19 heavy (non-hydrogen) atoms. The van der Waals surface area contributed by atoms with Gasteiger partial charge in [0.15, 0.2) is 0 Å². The number of aromatic nitrogens is 1. The Morgan fingerprint density at radius 1 is 1.32 bits per heavy atom. The molecule has 1 heterocycles. The minimum atomic E-state index is -0.919. The number of rotatable bonds is 3. The quantitative estimate of drug-likeness (QED) is 0.914. The van der Waals surface area contributed by atoms with Crippen LogP contribution in [-0.4, -0.2) is 15.6 Å². The lowest BCUT2D eigenvalue weighted by Crippen LogP contribution is -2.08. The van der Waals surface area contributed by atoms with Gasteiger partial charge >= 0.3 is 5.97 Å². The number of aryl methyl sites for hydroxylation is 1. The second-order valence-corrected chi connectivity index (χ2v) is 4.97. The maximum absolute atomic E-state index is 13.3. The highest BCUT2D eigenvalue weighted by Crippen LogP contribution is 2.40. The van der Waals surface area contributed by atoms with Crippen molar-refractivity contribution in [1.29, 1.82) is 0 Å². The van der Waals surface area contributed by atoms with Crippen LogP contribution in [-0.2, 0) is 0 Å². The van der Waals surface area contributed by atoms with E-state index < -0.39 is 5.97 Å². The van der Waals surface area contributed by atoms with Gasteiger partial charge in [0.1, 0.15) is 11.5 Å². The van der Waals surface area contributed by atoms with Crippen molar-refractivity contribution < 1.29 is 14.3 Å². The molecule has 98 valence electrons. The molecule has 0 radical (unpaired) electrons. The average Bonchev–Trinajstić information content (AvgIpc) is 3.11. The Bertz CT molecular complexity index is 656. The first-order valence-electron chi connectivity index (χ1n) is 6.29. The first-order chi connectivity index (χ1) is 9.08. The molecular formula is C15H14FNO2. The molecule has 0 amide bonds. The highest BCUT2D eigenvalue weighted by Gasteiger charge is 2.29. The maximum atomic E-state index is 13.3. The summed E-state index contributed by atoms with van der Waals surface area (Å²) in [5, 5.41) is 9.22. The minimum absolute atomic E-state index is 0.244. The lowest BCUT2D eigenvalue weighted by molar-refractivity contribution is 0.0685. The van der Waals surface area contributed by atoms with E-state index in [2.05, 4.69) is 0 Å². The van der Waals surface area contributed by atoms with E-state index in [1.807, 2.05) is 4.57 Å². The molecule has 4 heteroatoms. The topological polar surface area (TPSA) is 42.2 Å². The molecule has 1 aliphatic rings. The van der Waals surface area contributed by atoms with E-state index in [0.717, 1.165) is 24.1 Å². The molecule has 0 aliphatic heterocycles. The van der Waals surface area contributed by atoms with Crippen LogP contribution in [0, 0.1) is 12.7 Å². The number of benzene rings is 1. The molecule has 1 N–H and O–H groups in total. The van der Waals surface area contributed by atoms with Crippen LogP contribution in [0.3, 0.4) is 0 Å². The fraction of sp³-hybridized carbons (Fsp3) is 0.267. The van der Waals surface area contributed by atoms with E-state index in [9.17, 15) is 14.3 Å². The molecule has 0 atom stereocenters. The number of hydrogen-bond acceptors (Lipinski definition) is 1. The average molecular weight is 259 g/mol. The fourth-order valence-corrected chi connectivity index (χ4v) is 2.39. The molecule has 2 aromatic rings. The van der Waals surface area contributed by atoms with Crippen molar-refractivity contribution in [3.8, 4) is 11.3 Å². The molecule has 1 saturated carbocycles. The predicted octanol–water partition coefficient (Wildman–Crippen LogP) is 3.64. The SMILES string of the molecule is Cc1cc(-c2ccc(C(=O)O)n2C2CC2)ccc1F. The van der Waals surface area contributed by atoms with E-state index in [1.165, 1.54) is 6.07 Å². The van der Waals surface area contributed by atoms with E-state index in [4.69, 9.17) is 0 Å². The Balaban J connectivity index is 2.14. The van der Waals surface area contributed by atoms with Gasteiger partial charge in [-0.25, -0.2) is 9.18 Å². The second-order valence-electron chi connectivity index (χ2n) is 4.97. The van der Waals surface area contributed by atoms with Crippen LogP contribution in [0.5, 0.6) is 0 Å². The normalized spacial score (nSPS) is 14.6. The van der Waals surface area contributed by atoms with Gasteiger partial charge in [0.05, 0.1) is 0 Å². The third-order valence-corrected chi connectivity index (χ3v) is 3.50. The van der Waals surface area contributed by atoms with Crippen molar-refractivity contribution in [1.82, 2.24) is 4.57 Å². The fourth-order valence-electron chi connectivity index (χ4n) is 2.39. The third-order valence-electron chi connectivity index (χ3n) is 3.50. The number of halogens is 1. The van der Waals surface area contributed by atoms with Crippen molar-refractivity contribution in [2.75, 3.05) is 0 Å². The molecule has 0 spiro atoms. The third kappa shape index (κ3) is 2.03. The van der Waals surface area contributed by atoms with Crippen LogP contribution in [0.15, 0.2) is 30.3 Å². The number of carboxylic acids is 1. The smallest absolute Gasteiger partial charge is 0.352 e. The number of carbonyl (C=O) groups is 1. The van der Waals surface area contributed by atoms with Crippen LogP contribution >= 0.6 is 0 Å². The molecule has 1 aliphatic carbocycles. The number of nitrogens with zero attached hydrogens (tertiary/aromatic N) is 1. The monoisotopic (exact) mass is 259 g/mol. The van der Waals surface area contributed by atoms with Crippen molar-refractivity contribution in [2.24, 2.45) is 0 Å². The van der Waals surface area contributed by atoms with Gasteiger partial charge in [0.2, 0.25) is 0 Å². The van der Waals surface area contributed by atoms with Gasteiger partial charge in [0.25, 0.3) is 0 Å². The van der Waals surface area contributed by atoms with Crippen LogP contribution in [0.25, 0.3) is 11.3 Å². The summed E-state index contributed by atoms with van der Waals surface area (Å²) < 4.78 is 15.2. The Labute approximate surface area is 110 Å². The van der Waals surface area contributed by atoms with Gasteiger partial charge in [-0.15, -0.1) is 0 Å². The highest BCUT2D eigenvalue weighted by atomic mass is 19.1. The largest absolute Gasteiger partial charge is 0.477 e. The van der Waals surface area contributed by atoms with E-state index in [-0.39, 0.29) is 11.9 Å². The molecule has 0 unspecified atom stereocenters. The van der Waals surface area contributed by atoms with Gasteiger partial charge < -0.3 is 9.67 Å². The van der Waals surface area contributed by atoms with Crippen molar-refractivity contribution >= 4 is 5.97 Å². The molecular weight excluding hydrogens is 245 g/mol. The Morgan fingerprint density at radius 2 is 2.05 bits per heavy atom. The number of hydrogen-bond donors (Lipinski definition) is 1. The standard InChI is InChI=1S/C15H14FNO2/c1-9-8-10(2-5-12(9)16)13-6-7-14(15(18)19)17(13)11-3-4-11/h2,5-8,11H,3-4H2,1H3,(H,18,19). The van der Waals surface area contributed by atoms with E-state index >= 15 is 0 Å². The zero-order valence-corrected chi connectivity index (χ0v) is 10.6. The minimum Gasteiger partial charge on any atom is -0.477 e. The van der Waals surface area contributed by atoms with Gasteiger partial charge in [-0.05, 0) is 61.2 Å². The molecule has 1 aromatic carbocycles. The Morgan fingerprint density at radius 3 is 2.63 bits per heavy atom. The lowest BCUT2D eigenvalue weighted by Gasteiger charge is -2.11. The second kappa shape index (κ2) is 4.23. The lowest BCUT2D eigenvalue weighted by atomic mass is 10.1. The highest BCUT2D eigenvalue weighted by molar-refractivity contribution is 5.87.